The van der Waals surface area contributed by atoms with Gasteiger partial charge >= 0.3 is 6.61 Å². The third-order valence-electron chi connectivity index (χ3n) is 3.50. The van der Waals surface area contributed by atoms with Crippen LogP contribution < -0.4 is 15.4 Å². The Morgan fingerprint density at radius 3 is 2.30 bits per heavy atom. The molecule has 0 unspecified atom stereocenters. The number of carbonyl (C=O) groups is 2. The number of ether oxygens (including phenoxy) is 1. The minimum Gasteiger partial charge on any atom is -0.459 e. The minimum atomic E-state index is -2.92. The molecule has 1 heterocycles. The SMILES string of the molecule is O=C(Nc1ccccc1C(=O)Nc1ccc(OC(F)F)cc1)c1ccco1. The third kappa shape index (κ3) is 4.69. The molecular weight excluding hydrogens is 358 g/mol. The van der Waals surface area contributed by atoms with E-state index in [9.17, 15) is 18.4 Å². The number of nitrogens with one attached hydrogen (secondary N) is 2. The highest BCUT2D eigenvalue weighted by molar-refractivity contribution is 6.11. The van der Waals surface area contributed by atoms with E-state index < -0.39 is 18.4 Å². The molecule has 0 radical (unpaired) electrons. The highest BCUT2D eigenvalue weighted by atomic mass is 19.3. The summed E-state index contributed by atoms with van der Waals surface area (Å²) in [6.45, 7) is -2.92. The summed E-state index contributed by atoms with van der Waals surface area (Å²) in [5, 5.41) is 5.24. The van der Waals surface area contributed by atoms with Crippen molar-refractivity contribution in [2.75, 3.05) is 10.6 Å². The number of hydrogen-bond acceptors (Lipinski definition) is 4. The van der Waals surface area contributed by atoms with E-state index in [0.717, 1.165) is 0 Å². The van der Waals surface area contributed by atoms with E-state index in [1.165, 1.54) is 36.6 Å². The maximum Gasteiger partial charge on any atom is 0.387 e. The number of benzene rings is 2. The smallest absolute Gasteiger partial charge is 0.387 e. The Labute approximate surface area is 152 Å². The molecule has 0 bridgehead atoms. The standard InChI is InChI=1S/C19H14F2N2O4/c20-19(21)27-13-9-7-12(8-10-13)22-17(24)14-4-1-2-5-15(14)23-18(25)16-6-3-11-26-16/h1-11,19H,(H,22,24)(H,23,25). The van der Waals surface area contributed by atoms with Crippen LogP contribution in [0.15, 0.2) is 71.3 Å². The Balaban J connectivity index is 1.72. The fourth-order valence-corrected chi connectivity index (χ4v) is 2.30. The normalized spacial score (nSPS) is 10.5. The van der Waals surface area contributed by atoms with Crippen molar-refractivity contribution in [2.24, 2.45) is 0 Å². The molecule has 2 amide bonds. The number of rotatable bonds is 6. The zero-order chi connectivity index (χ0) is 19.2. The van der Waals surface area contributed by atoms with Crippen LogP contribution in [0.3, 0.4) is 0 Å². The van der Waals surface area contributed by atoms with E-state index in [1.807, 2.05) is 0 Å². The Morgan fingerprint density at radius 2 is 1.63 bits per heavy atom. The van der Waals surface area contributed by atoms with Gasteiger partial charge in [0.05, 0.1) is 17.5 Å². The fourth-order valence-electron chi connectivity index (χ4n) is 2.30. The Kier molecular flexibility index (Phi) is 5.46. The molecule has 0 fully saturated rings. The lowest BCUT2D eigenvalue weighted by Crippen LogP contribution is -2.18. The van der Waals surface area contributed by atoms with Crippen molar-refractivity contribution in [1.82, 2.24) is 0 Å². The van der Waals surface area contributed by atoms with Gasteiger partial charge in [0.2, 0.25) is 0 Å². The first-order valence-corrected chi connectivity index (χ1v) is 7.83. The van der Waals surface area contributed by atoms with Crippen molar-refractivity contribution in [3.8, 4) is 5.75 Å². The Hall–Kier alpha value is -3.68. The summed E-state index contributed by atoms with van der Waals surface area (Å²) >= 11 is 0. The van der Waals surface area contributed by atoms with Crippen LogP contribution in [-0.4, -0.2) is 18.4 Å². The van der Waals surface area contributed by atoms with Gasteiger partial charge in [-0.15, -0.1) is 0 Å². The van der Waals surface area contributed by atoms with Crippen LogP contribution in [0.1, 0.15) is 20.9 Å². The van der Waals surface area contributed by atoms with Crippen molar-refractivity contribution < 1.29 is 27.5 Å². The second kappa shape index (κ2) is 8.13. The zero-order valence-electron chi connectivity index (χ0n) is 13.8. The summed E-state index contributed by atoms with van der Waals surface area (Å²) in [6.07, 6.45) is 1.37. The quantitative estimate of drug-likeness (QED) is 0.673. The molecule has 0 aliphatic carbocycles. The fraction of sp³-hybridized carbons (Fsp3) is 0.0526. The van der Waals surface area contributed by atoms with Gasteiger partial charge in [-0.25, -0.2) is 0 Å². The molecule has 0 aliphatic heterocycles. The first kappa shape index (κ1) is 18.1. The highest BCUT2D eigenvalue weighted by Crippen LogP contribution is 2.21. The van der Waals surface area contributed by atoms with Crippen LogP contribution in [0.25, 0.3) is 0 Å². The van der Waals surface area contributed by atoms with E-state index in [2.05, 4.69) is 15.4 Å². The van der Waals surface area contributed by atoms with Crippen LogP contribution in [-0.2, 0) is 0 Å². The molecule has 27 heavy (non-hydrogen) atoms. The summed E-state index contributed by atoms with van der Waals surface area (Å²) in [4.78, 5) is 24.7. The molecule has 0 saturated heterocycles. The number of alkyl halides is 2. The third-order valence-corrected chi connectivity index (χ3v) is 3.50. The van der Waals surface area contributed by atoms with Gasteiger partial charge in [-0.05, 0) is 48.5 Å². The number of furan rings is 1. The molecule has 138 valence electrons. The van der Waals surface area contributed by atoms with Gasteiger partial charge in [0.15, 0.2) is 5.76 Å². The summed E-state index contributed by atoms with van der Waals surface area (Å²) in [5.74, 6) is -0.879. The minimum absolute atomic E-state index is 0.0193. The van der Waals surface area contributed by atoms with E-state index >= 15 is 0 Å². The molecule has 3 aromatic rings. The van der Waals surface area contributed by atoms with Gasteiger partial charge in [-0.3, -0.25) is 9.59 Å². The number of para-hydroxylation sites is 1. The first-order valence-electron chi connectivity index (χ1n) is 7.83. The zero-order valence-corrected chi connectivity index (χ0v) is 13.8. The van der Waals surface area contributed by atoms with Gasteiger partial charge in [0.1, 0.15) is 5.75 Å². The second-order valence-electron chi connectivity index (χ2n) is 5.33. The molecule has 1 aromatic heterocycles. The molecule has 6 nitrogen and oxygen atoms in total. The maximum atomic E-state index is 12.5. The molecule has 2 aromatic carbocycles. The van der Waals surface area contributed by atoms with Crippen molar-refractivity contribution in [3.05, 3.63) is 78.3 Å². The largest absolute Gasteiger partial charge is 0.459 e. The van der Waals surface area contributed by atoms with Gasteiger partial charge in [-0.1, -0.05) is 12.1 Å². The molecular formula is C19H14F2N2O4. The van der Waals surface area contributed by atoms with Gasteiger partial charge < -0.3 is 19.8 Å². The summed E-state index contributed by atoms with van der Waals surface area (Å²) in [7, 11) is 0. The number of amides is 2. The molecule has 0 saturated carbocycles. The van der Waals surface area contributed by atoms with Crippen LogP contribution in [0.2, 0.25) is 0 Å². The topological polar surface area (TPSA) is 80.6 Å². The predicted molar refractivity (Wildman–Crippen MR) is 94.1 cm³/mol. The lowest BCUT2D eigenvalue weighted by Gasteiger charge is -2.11. The number of hydrogen-bond donors (Lipinski definition) is 2. The van der Waals surface area contributed by atoms with E-state index in [-0.39, 0.29) is 17.1 Å². The van der Waals surface area contributed by atoms with E-state index in [1.54, 1.807) is 30.3 Å². The van der Waals surface area contributed by atoms with Crippen molar-refractivity contribution in [3.63, 3.8) is 0 Å². The first-order chi connectivity index (χ1) is 13.0. The second-order valence-corrected chi connectivity index (χ2v) is 5.33. The number of carbonyl (C=O) groups excluding carboxylic acids is 2. The molecule has 2 N–H and O–H groups in total. The average molecular weight is 372 g/mol. The van der Waals surface area contributed by atoms with Gasteiger partial charge in [-0.2, -0.15) is 8.78 Å². The monoisotopic (exact) mass is 372 g/mol. The molecule has 0 aliphatic rings. The van der Waals surface area contributed by atoms with Crippen molar-refractivity contribution in [1.29, 1.82) is 0 Å². The highest BCUT2D eigenvalue weighted by Gasteiger charge is 2.15. The number of halogens is 2. The Morgan fingerprint density at radius 1 is 0.889 bits per heavy atom. The summed E-state index contributed by atoms with van der Waals surface area (Å²) in [6, 6.07) is 15.0. The number of anilines is 2. The average Bonchev–Trinajstić information content (AvgIpc) is 3.18. The van der Waals surface area contributed by atoms with E-state index in [0.29, 0.717) is 11.4 Å². The van der Waals surface area contributed by atoms with Gasteiger partial charge in [0, 0.05) is 5.69 Å². The van der Waals surface area contributed by atoms with Crippen LogP contribution in [0.5, 0.6) is 5.75 Å². The van der Waals surface area contributed by atoms with Gasteiger partial charge in [0.25, 0.3) is 11.8 Å². The van der Waals surface area contributed by atoms with Crippen molar-refractivity contribution in [2.45, 2.75) is 6.61 Å². The Bertz CT molecular complexity index is 925. The van der Waals surface area contributed by atoms with E-state index in [4.69, 9.17) is 4.42 Å². The maximum absolute atomic E-state index is 12.5. The van der Waals surface area contributed by atoms with Crippen LogP contribution >= 0.6 is 0 Å². The predicted octanol–water partition coefficient (Wildman–Crippen LogP) is 4.39. The molecule has 3 rings (SSSR count). The van der Waals surface area contributed by atoms with Crippen LogP contribution in [0.4, 0.5) is 20.2 Å². The summed E-state index contributed by atoms with van der Waals surface area (Å²) < 4.78 is 33.6. The lowest BCUT2D eigenvalue weighted by molar-refractivity contribution is -0.0498. The van der Waals surface area contributed by atoms with Crippen LogP contribution in [0, 0.1) is 0 Å². The van der Waals surface area contributed by atoms with Crippen molar-refractivity contribution >= 4 is 23.2 Å². The molecule has 0 atom stereocenters. The summed E-state index contributed by atoms with van der Waals surface area (Å²) in [5.41, 5.74) is 0.910. The lowest BCUT2D eigenvalue weighted by atomic mass is 10.1. The molecule has 0 spiro atoms. The molecule has 8 heteroatoms.